The minimum atomic E-state index is -1.02. The van der Waals surface area contributed by atoms with Crippen molar-refractivity contribution in [3.05, 3.63) is 54.1 Å². The number of hydrogen-bond donors (Lipinski definition) is 2. The number of nitrogens with one attached hydrogen (secondary N) is 1. The summed E-state index contributed by atoms with van der Waals surface area (Å²) in [6.07, 6.45) is 0. The molecule has 6 nitrogen and oxygen atoms in total. The summed E-state index contributed by atoms with van der Waals surface area (Å²) in [5.41, 5.74) is 0.655. The zero-order valence-corrected chi connectivity index (χ0v) is 11.9. The summed E-state index contributed by atoms with van der Waals surface area (Å²) in [5.74, 6) is -0.353. The highest BCUT2D eigenvalue weighted by molar-refractivity contribution is 5.93. The molecular weight excluding hydrogens is 286 g/mol. The SMILES string of the molecule is COc1ccccc1OCC(=O)Nc1ccc(C(=O)O)cc1. The number of hydrogen-bond acceptors (Lipinski definition) is 4. The zero-order valence-electron chi connectivity index (χ0n) is 11.9. The lowest BCUT2D eigenvalue weighted by atomic mass is 10.2. The molecule has 0 saturated heterocycles. The number of carbonyl (C=O) groups excluding carboxylic acids is 1. The lowest BCUT2D eigenvalue weighted by Crippen LogP contribution is -2.20. The van der Waals surface area contributed by atoms with Crippen LogP contribution in [0.4, 0.5) is 5.69 Å². The van der Waals surface area contributed by atoms with Crippen LogP contribution in [0.15, 0.2) is 48.5 Å². The standard InChI is InChI=1S/C16H15NO5/c1-21-13-4-2-3-5-14(13)22-10-15(18)17-12-8-6-11(7-9-12)16(19)20/h2-9H,10H2,1H3,(H,17,18)(H,19,20). The fraction of sp³-hybridized carbons (Fsp3) is 0.125. The van der Waals surface area contributed by atoms with Crippen molar-refractivity contribution in [1.82, 2.24) is 0 Å². The molecule has 0 spiro atoms. The first kappa shape index (κ1) is 15.4. The molecule has 1 amide bonds. The first-order valence-electron chi connectivity index (χ1n) is 6.49. The van der Waals surface area contributed by atoms with Crippen molar-refractivity contribution < 1.29 is 24.2 Å². The fourth-order valence-corrected chi connectivity index (χ4v) is 1.77. The summed E-state index contributed by atoms with van der Waals surface area (Å²) in [5, 5.41) is 11.4. The topological polar surface area (TPSA) is 84.9 Å². The van der Waals surface area contributed by atoms with E-state index in [4.69, 9.17) is 14.6 Å². The van der Waals surface area contributed by atoms with Crippen molar-refractivity contribution in [3.8, 4) is 11.5 Å². The van der Waals surface area contributed by atoms with Crippen LogP contribution in [0.1, 0.15) is 10.4 Å². The maximum Gasteiger partial charge on any atom is 0.335 e. The van der Waals surface area contributed by atoms with Gasteiger partial charge in [0, 0.05) is 5.69 Å². The number of amides is 1. The molecule has 0 aliphatic heterocycles. The Balaban J connectivity index is 1.91. The largest absolute Gasteiger partial charge is 0.493 e. The number of carbonyl (C=O) groups is 2. The number of para-hydroxylation sites is 2. The molecule has 0 fully saturated rings. The Morgan fingerprint density at radius 1 is 1.05 bits per heavy atom. The van der Waals surface area contributed by atoms with E-state index in [1.165, 1.54) is 31.4 Å². The van der Waals surface area contributed by atoms with Crippen molar-refractivity contribution in [2.24, 2.45) is 0 Å². The molecule has 114 valence electrons. The van der Waals surface area contributed by atoms with E-state index < -0.39 is 5.97 Å². The van der Waals surface area contributed by atoms with Gasteiger partial charge in [-0.2, -0.15) is 0 Å². The van der Waals surface area contributed by atoms with Gasteiger partial charge < -0.3 is 19.9 Å². The molecule has 2 N–H and O–H groups in total. The second-order valence-electron chi connectivity index (χ2n) is 4.37. The number of aromatic carboxylic acids is 1. The highest BCUT2D eigenvalue weighted by Crippen LogP contribution is 2.25. The molecule has 0 heterocycles. The van der Waals surface area contributed by atoms with E-state index in [1.807, 2.05) is 0 Å². The summed E-state index contributed by atoms with van der Waals surface area (Å²) >= 11 is 0. The average molecular weight is 301 g/mol. The van der Waals surface area contributed by atoms with Gasteiger partial charge in [0.25, 0.3) is 5.91 Å². The van der Waals surface area contributed by atoms with Crippen LogP contribution in [0.5, 0.6) is 11.5 Å². The molecule has 0 unspecified atom stereocenters. The van der Waals surface area contributed by atoms with Crippen LogP contribution in [0.25, 0.3) is 0 Å². The van der Waals surface area contributed by atoms with Gasteiger partial charge in [-0.25, -0.2) is 4.79 Å². The molecule has 2 rings (SSSR count). The summed E-state index contributed by atoms with van der Waals surface area (Å²) in [4.78, 5) is 22.5. The number of rotatable bonds is 6. The Morgan fingerprint density at radius 2 is 1.68 bits per heavy atom. The second-order valence-corrected chi connectivity index (χ2v) is 4.37. The lowest BCUT2D eigenvalue weighted by molar-refractivity contribution is -0.118. The maximum absolute atomic E-state index is 11.8. The monoisotopic (exact) mass is 301 g/mol. The molecule has 0 aliphatic carbocycles. The second kappa shape index (κ2) is 7.12. The fourth-order valence-electron chi connectivity index (χ4n) is 1.77. The Bertz CT molecular complexity index is 666. The van der Waals surface area contributed by atoms with Crippen molar-refractivity contribution in [3.63, 3.8) is 0 Å². The predicted octanol–water partition coefficient (Wildman–Crippen LogP) is 2.41. The van der Waals surface area contributed by atoms with Crippen LogP contribution >= 0.6 is 0 Å². The van der Waals surface area contributed by atoms with E-state index in [9.17, 15) is 9.59 Å². The lowest BCUT2D eigenvalue weighted by Gasteiger charge is -2.10. The van der Waals surface area contributed by atoms with E-state index >= 15 is 0 Å². The van der Waals surface area contributed by atoms with Crippen molar-refractivity contribution in [2.75, 3.05) is 19.0 Å². The minimum absolute atomic E-state index is 0.156. The van der Waals surface area contributed by atoms with E-state index in [-0.39, 0.29) is 18.1 Å². The first-order chi connectivity index (χ1) is 10.6. The third-order valence-electron chi connectivity index (χ3n) is 2.84. The molecular formula is C16H15NO5. The van der Waals surface area contributed by atoms with E-state index in [1.54, 1.807) is 24.3 Å². The first-order valence-corrected chi connectivity index (χ1v) is 6.49. The highest BCUT2D eigenvalue weighted by atomic mass is 16.5. The molecule has 0 aromatic heterocycles. The van der Waals surface area contributed by atoms with E-state index in [0.29, 0.717) is 17.2 Å². The number of carboxylic acids is 1. The Kier molecular flexibility index (Phi) is 4.98. The molecule has 0 bridgehead atoms. The zero-order chi connectivity index (χ0) is 15.9. The smallest absolute Gasteiger partial charge is 0.335 e. The Labute approximate surface area is 127 Å². The van der Waals surface area contributed by atoms with Crippen molar-refractivity contribution in [1.29, 1.82) is 0 Å². The number of carboxylic acid groups (broad SMARTS) is 1. The van der Waals surface area contributed by atoms with Gasteiger partial charge in [-0.3, -0.25) is 4.79 Å². The van der Waals surface area contributed by atoms with Crippen LogP contribution in [-0.4, -0.2) is 30.7 Å². The van der Waals surface area contributed by atoms with E-state index in [2.05, 4.69) is 5.32 Å². The van der Waals surface area contributed by atoms with Gasteiger partial charge in [-0.15, -0.1) is 0 Å². The molecule has 0 saturated carbocycles. The van der Waals surface area contributed by atoms with Crippen LogP contribution in [-0.2, 0) is 4.79 Å². The molecule has 0 atom stereocenters. The van der Waals surface area contributed by atoms with Gasteiger partial charge in [0.2, 0.25) is 0 Å². The maximum atomic E-state index is 11.8. The summed E-state index contributed by atoms with van der Waals surface area (Å²) in [6.45, 7) is -0.180. The molecule has 2 aromatic rings. The van der Waals surface area contributed by atoms with Crippen LogP contribution < -0.4 is 14.8 Å². The van der Waals surface area contributed by atoms with Crippen molar-refractivity contribution >= 4 is 17.6 Å². The Hall–Kier alpha value is -3.02. The van der Waals surface area contributed by atoms with Gasteiger partial charge in [-0.1, -0.05) is 12.1 Å². The third kappa shape index (κ3) is 3.99. The van der Waals surface area contributed by atoms with Gasteiger partial charge in [-0.05, 0) is 36.4 Å². The van der Waals surface area contributed by atoms with Gasteiger partial charge >= 0.3 is 5.97 Å². The summed E-state index contributed by atoms with van der Waals surface area (Å²) in [6, 6.07) is 12.9. The van der Waals surface area contributed by atoms with Crippen LogP contribution in [0.3, 0.4) is 0 Å². The van der Waals surface area contributed by atoms with Gasteiger partial charge in [0.05, 0.1) is 12.7 Å². The van der Waals surface area contributed by atoms with E-state index in [0.717, 1.165) is 0 Å². The molecule has 0 aliphatic rings. The molecule has 0 radical (unpaired) electrons. The van der Waals surface area contributed by atoms with Gasteiger partial charge in [0.1, 0.15) is 0 Å². The Morgan fingerprint density at radius 3 is 2.27 bits per heavy atom. The van der Waals surface area contributed by atoms with Gasteiger partial charge in [0.15, 0.2) is 18.1 Å². The molecule has 22 heavy (non-hydrogen) atoms. The average Bonchev–Trinajstić information content (AvgIpc) is 2.53. The molecule has 6 heteroatoms. The number of ether oxygens (including phenoxy) is 2. The minimum Gasteiger partial charge on any atom is -0.493 e. The highest BCUT2D eigenvalue weighted by Gasteiger charge is 2.08. The number of anilines is 1. The summed E-state index contributed by atoms with van der Waals surface area (Å²) in [7, 11) is 1.52. The quantitative estimate of drug-likeness (QED) is 0.856. The predicted molar refractivity (Wildman–Crippen MR) is 80.5 cm³/mol. The van der Waals surface area contributed by atoms with Crippen LogP contribution in [0, 0.1) is 0 Å². The number of methoxy groups -OCH3 is 1. The third-order valence-corrected chi connectivity index (χ3v) is 2.84. The molecule has 2 aromatic carbocycles. The van der Waals surface area contributed by atoms with Crippen molar-refractivity contribution in [2.45, 2.75) is 0 Å². The number of benzene rings is 2. The normalized spacial score (nSPS) is 9.86. The van der Waals surface area contributed by atoms with Crippen LogP contribution in [0.2, 0.25) is 0 Å². The summed E-state index contributed by atoms with van der Waals surface area (Å²) < 4.78 is 10.5.